The maximum Gasteiger partial charge on any atom is 0.210 e. The number of hydrogen-bond donors (Lipinski definition) is 0. The van der Waals surface area contributed by atoms with Crippen molar-refractivity contribution >= 4 is 16.9 Å². The molecule has 17 heavy (non-hydrogen) atoms. The first-order chi connectivity index (χ1) is 8.09. The molecule has 1 fully saturated rings. The van der Waals surface area contributed by atoms with E-state index < -0.39 is 0 Å². The average Bonchev–Trinajstić information content (AvgIpc) is 3.04. The molecule has 3 heteroatoms. The second kappa shape index (κ2) is 4.83. The topological polar surface area (TPSA) is 20.1 Å². The molecule has 0 radical (unpaired) electrons. The van der Waals surface area contributed by atoms with E-state index >= 15 is 0 Å². The molecule has 0 spiro atoms. The van der Waals surface area contributed by atoms with Crippen LogP contribution in [0.1, 0.15) is 32.4 Å². The van der Waals surface area contributed by atoms with Crippen molar-refractivity contribution in [2.75, 3.05) is 12.3 Å². The van der Waals surface area contributed by atoms with Gasteiger partial charge in [-0.1, -0.05) is 49.0 Å². The predicted octanol–water partition coefficient (Wildman–Crippen LogP) is 3.10. The Hall–Kier alpha value is -0.800. The van der Waals surface area contributed by atoms with Crippen LogP contribution in [0.4, 0.5) is 0 Å². The molecule has 1 aliphatic rings. The van der Waals surface area contributed by atoms with Gasteiger partial charge in [0.2, 0.25) is 5.12 Å². The largest absolute Gasteiger partial charge is 0.285 e. The molecule has 1 saturated heterocycles. The fraction of sp³-hybridized carbons (Fsp3) is 0.500. The summed E-state index contributed by atoms with van der Waals surface area (Å²) >= 11 is 1.44. The molecular formula is C14H19NOS. The zero-order chi connectivity index (χ0) is 12.5. The summed E-state index contributed by atoms with van der Waals surface area (Å²) in [4.78, 5) is 14.3. The van der Waals surface area contributed by atoms with Crippen molar-refractivity contribution in [3.63, 3.8) is 0 Å². The van der Waals surface area contributed by atoms with Crippen molar-refractivity contribution in [2.24, 2.45) is 0 Å². The van der Waals surface area contributed by atoms with Gasteiger partial charge in [0.15, 0.2) is 0 Å². The Morgan fingerprint density at radius 1 is 1.47 bits per heavy atom. The van der Waals surface area contributed by atoms with E-state index in [1.165, 1.54) is 17.3 Å². The van der Waals surface area contributed by atoms with Crippen LogP contribution < -0.4 is 0 Å². The lowest BCUT2D eigenvalue weighted by Gasteiger charge is -2.18. The number of rotatable bonds is 4. The molecule has 0 saturated carbocycles. The summed E-state index contributed by atoms with van der Waals surface area (Å²) in [6.07, 6.45) is 0. The maximum absolute atomic E-state index is 12.0. The van der Waals surface area contributed by atoms with Crippen molar-refractivity contribution in [2.45, 2.75) is 32.4 Å². The minimum Gasteiger partial charge on any atom is -0.285 e. The Bertz CT molecular complexity index is 406. The summed E-state index contributed by atoms with van der Waals surface area (Å²) in [6.45, 7) is 7.13. The monoisotopic (exact) mass is 249 g/mol. The normalized spacial score (nSPS) is 28.8. The standard InChI is InChI=1S/C14H19NOS/c1-4-17-13(16)14(3)10-15(14)11(2)12-8-6-5-7-9-12/h5-9,11H,4,10H2,1-3H3/t11-,14-,15?/m0/s1. The average molecular weight is 249 g/mol. The molecule has 92 valence electrons. The van der Waals surface area contributed by atoms with Gasteiger partial charge in [0.05, 0.1) is 0 Å². The van der Waals surface area contributed by atoms with Crippen LogP contribution in [0.5, 0.6) is 0 Å². The van der Waals surface area contributed by atoms with Gasteiger partial charge in [-0.15, -0.1) is 0 Å². The highest BCUT2D eigenvalue weighted by Crippen LogP contribution is 2.43. The van der Waals surface area contributed by atoms with Gasteiger partial charge in [-0.2, -0.15) is 0 Å². The summed E-state index contributed by atoms with van der Waals surface area (Å²) in [5, 5.41) is 0.308. The minimum absolute atomic E-state index is 0.240. The maximum atomic E-state index is 12.0. The number of hydrogen-bond acceptors (Lipinski definition) is 3. The number of carbonyl (C=O) groups is 1. The molecule has 0 bridgehead atoms. The van der Waals surface area contributed by atoms with Crippen molar-refractivity contribution in [1.29, 1.82) is 0 Å². The Kier molecular flexibility index (Phi) is 3.59. The Balaban J connectivity index is 2.05. The van der Waals surface area contributed by atoms with E-state index in [1.807, 2.05) is 13.0 Å². The SMILES string of the molecule is CCSC(=O)[C@]1(C)CN1[C@@H](C)c1ccccc1. The second-order valence-corrected chi connectivity index (χ2v) is 5.95. The first-order valence-corrected chi connectivity index (χ1v) is 7.07. The molecule has 1 aliphatic heterocycles. The molecule has 0 aromatic heterocycles. The van der Waals surface area contributed by atoms with Gasteiger partial charge >= 0.3 is 0 Å². The molecule has 3 atom stereocenters. The highest BCUT2D eigenvalue weighted by Gasteiger charge is 2.55. The van der Waals surface area contributed by atoms with Gasteiger partial charge < -0.3 is 0 Å². The molecular weight excluding hydrogens is 230 g/mol. The molecule has 1 heterocycles. The fourth-order valence-corrected chi connectivity index (χ4v) is 3.00. The van der Waals surface area contributed by atoms with E-state index in [-0.39, 0.29) is 5.54 Å². The highest BCUT2D eigenvalue weighted by atomic mass is 32.2. The van der Waals surface area contributed by atoms with E-state index in [0.717, 1.165) is 12.3 Å². The van der Waals surface area contributed by atoms with Gasteiger partial charge in [-0.05, 0) is 25.2 Å². The Labute approximate surface area is 107 Å². The van der Waals surface area contributed by atoms with E-state index in [2.05, 4.69) is 43.0 Å². The van der Waals surface area contributed by atoms with Crippen LogP contribution >= 0.6 is 11.8 Å². The van der Waals surface area contributed by atoms with Gasteiger partial charge in [0.1, 0.15) is 5.54 Å². The number of nitrogens with zero attached hydrogens (tertiary/aromatic N) is 1. The van der Waals surface area contributed by atoms with Crippen LogP contribution in [0.15, 0.2) is 30.3 Å². The molecule has 0 amide bonds. The van der Waals surface area contributed by atoms with Gasteiger partial charge in [0.25, 0.3) is 0 Å². The van der Waals surface area contributed by atoms with Crippen molar-refractivity contribution in [1.82, 2.24) is 4.90 Å². The van der Waals surface area contributed by atoms with Crippen LogP contribution in [-0.4, -0.2) is 27.9 Å². The molecule has 1 unspecified atom stereocenters. The molecule has 2 nitrogen and oxygen atoms in total. The summed E-state index contributed by atoms with van der Waals surface area (Å²) in [5.41, 5.74) is 1.04. The predicted molar refractivity (Wildman–Crippen MR) is 73.1 cm³/mol. The second-order valence-electron chi connectivity index (χ2n) is 4.71. The zero-order valence-electron chi connectivity index (χ0n) is 10.6. The quantitative estimate of drug-likeness (QED) is 0.765. The van der Waals surface area contributed by atoms with Crippen molar-refractivity contribution in [3.8, 4) is 0 Å². The first kappa shape index (κ1) is 12.7. The van der Waals surface area contributed by atoms with E-state index in [9.17, 15) is 4.79 Å². The smallest absolute Gasteiger partial charge is 0.210 e. The van der Waals surface area contributed by atoms with Crippen LogP contribution in [0.2, 0.25) is 0 Å². The lowest BCUT2D eigenvalue weighted by Crippen LogP contribution is -2.25. The van der Waals surface area contributed by atoms with Gasteiger partial charge in [-0.3, -0.25) is 9.69 Å². The lowest BCUT2D eigenvalue weighted by atomic mass is 10.1. The summed E-state index contributed by atoms with van der Waals surface area (Å²) in [7, 11) is 0. The van der Waals surface area contributed by atoms with Crippen LogP contribution in [-0.2, 0) is 4.79 Å². The van der Waals surface area contributed by atoms with E-state index in [4.69, 9.17) is 0 Å². The van der Waals surface area contributed by atoms with Gasteiger partial charge in [0, 0.05) is 12.6 Å². The van der Waals surface area contributed by atoms with Crippen molar-refractivity contribution in [3.05, 3.63) is 35.9 Å². The van der Waals surface area contributed by atoms with Crippen LogP contribution in [0, 0.1) is 0 Å². The highest BCUT2D eigenvalue weighted by molar-refractivity contribution is 8.13. The fourth-order valence-electron chi connectivity index (χ4n) is 2.24. The van der Waals surface area contributed by atoms with Crippen molar-refractivity contribution < 1.29 is 4.79 Å². The molecule has 2 rings (SSSR count). The third kappa shape index (κ3) is 2.40. The number of benzene rings is 1. The minimum atomic E-state index is -0.240. The molecule has 0 aliphatic carbocycles. The third-order valence-corrected chi connectivity index (χ3v) is 4.46. The van der Waals surface area contributed by atoms with Crippen LogP contribution in [0.25, 0.3) is 0 Å². The Morgan fingerprint density at radius 3 is 2.71 bits per heavy atom. The Morgan fingerprint density at radius 2 is 2.12 bits per heavy atom. The lowest BCUT2D eigenvalue weighted by molar-refractivity contribution is -0.113. The summed E-state index contributed by atoms with van der Waals surface area (Å²) < 4.78 is 0. The molecule has 0 N–H and O–H groups in total. The molecule has 1 aromatic rings. The number of carbonyl (C=O) groups excluding carboxylic acids is 1. The van der Waals surface area contributed by atoms with E-state index in [0.29, 0.717) is 11.2 Å². The molecule has 1 aromatic carbocycles. The first-order valence-electron chi connectivity index (χ1n) is 6.08. The third-order valence-electron chi connectivity index (χ3n) is 3.47. The van der Waals surface area contributed by atoms with Gasteiger partial charge in [-0.25, -0.2) is 0 Å². The summed E-state index contributed by atoms with van der Waals surface area (Å²) in [5.74, 6) is 0.863. The summed E-state index contributed by atoms with van der Waals surface area (Å²) in [6, 6.07) is 10.7. The van der Waals surface area contributed by atoms with E-state index in [1.54, 1.807) is 0 Å². The zero-order valence-corrected chi connectivity index (χ0v) is 11.5. The number of thioether (sulfide) groups is 1. The van der Waals surface area contributed by atoms with Crippen LogP contribution in [0.3, 0.4) is 0 Å².